The molecule has 4 nitrogen and oxygen atoms in total. The van der Waals surface area contributed by atoms with E-state index in [1.54, 1.807) is 7.05 Å². The van der Waals surface area contributed by atoms with Crippen LogP contribution in [0.4, 0.5) is 0 Å². The van der Waals surface area contributed by atoms with Crippen molar-refractivity contribution in [3.8, 4) is 0 Å². The van der Waals surface area contributed by atoms with Gasteiger partial charge in [0.25, 0.3) is 0 Å². The SMILES string of the molecule is CCC(C)NC(=NC)NCCc1cccc2cccnc12. The van der Waals surface area contributed by atoms with Gasteiger partial charge in [0, 0.05) is 31.2 Å². The summed E-state index contributed by atoms with van der Waals surface area (Å²) in [7, 11) is 1.80. The lowest BCUT2D eigenvalue weighted by Crippen LogP contribution is -2.42. The third-order valence-corrected chi connectivity index (χ3v) is 3.62. The van der Waals surface area contributed by atoms with Crippen molar-refractivity contribution in [3.63, 3.8) is 0 Å². The first-order chi connectivity index (χ1) is 10.2. The maximum absolute atomic E-state index is 4.49. The highest BCUT2D eigenvalue weighted by Crippen LogP contribution is 2.15. The second-order valence-electron chi connectivity index (χ2n) is 5.19. The van der Waals surface area contributed by atoms with Crippen molar-refractivity contribution < 1.29 is 0 Å². The third kappa shape index (κ3) is 4.18. The van der Waals surface area contributed by atoms with Crippen LogP contribution in [-0.4, -0.2) is 30.6 Å². The van der Waals surface area contributed by atoms with E-state index in [2.05, 4.69) is 58.7 Å². The van der Waals surface area contributed by atoms with Crippen LogP contribution in [0, 0.1) is 0 Å². The number of aliphatic imine (C=N–C) groups is 1. The fourth-order valence-corrected chi connectivity index (χ4v) is 2.21. The van der Waals surface area contributed by atoms with Gasteiger partial charge in [-0.05, 0) is 31.4 Å². The Morgan fingerprint density at radius 3 is 2.86 bits per heavy atom. The molecule has 1 aromatic carbocycles. The van der Waals surface area contributed by atoms with Gasteiger partial charge in [0.1, 0.15) is 0 Å². The molecule has 0 fully saturated rings. The Morgan fingerprint density at radius 2 is 2.10 bits per heavy atom. The Morgan fingerprint density at radius 1 is 1.29 bits per heavy atom. The van der Waals surface area contributed by atoms with Gasteiger partial charge in [-0.15, -0.1) is 0 Å². The van der Waals surface area contributed by atoms with Gasteiger partial charge in [0.15, 0.2) is 5.96 Å². The van der Waals surface area contributed by atoms with E-state index in [4.69, 9.17) is 0 Å². The lowest BCUT2D eigenvalue weighted by molar-refractivity contribution is 0.624. The van der Waals surface area contributed by atoms with Crippen molar-refractivity contribution in [3.05, 3.63) is 42.1 Å². The molecule has 1 heterocycles. The molecule has 1 unspecified atom stereocenters. The minimum atomic E-state index is 0.426. The molecule has 0 bridgehead atoms. The van der Waals surface area contributed by atoms with Crippen LogP contribution in [0.25, 0.3) is 10.9 Å². The van der Waals surface area contributed by atoms with Gasteiger partial charge in [-0.1, -0.05) is 31.2 Å². The molecule has 0 amide bonds. The van der Waals surface area contributed by atoms with Crippen molar-refractivity contribution in [2.24, 2.45) is 4.99 Å². The van der Waals surface area contributed by atoms with Gasteiger partial charge in [-0.3, -0.25) is 9.98 Å². The number of hydrogen-bond acceptors (Lipinski definition) is 2. The van der Waals surface area contributed by atoms with E-state index in [1.165, 1.54) is 10.9 Å². The van der Waals surface area contributed by atoms with E-state index < -0.39 is 0 Å². The number of para-hydroxylation sites is 1. The normalized spacial score (nSPS) is 13.2. The Kier molecular flexibility index (Phi) is 5.55. The highest BCUT2D eigenvalue weighted by Gasteiger charge is 2.04. The van der Waals surface area contributed by atoms with Gasteiger partial charge in [0.05, 0.1) is 5.52 Å². The summed E-state index contributed by atoms with van der Waals surface area (Å²) in [6.07, 6.45) is 3.85. The standard InChI is InChI=1S/C17H24N4/c1-4-13(2)21-17(18-3)20-12-10-15-8-5-7-14-9-6-11-19-16(14)15/h5-9,11,13H,4,10,12H2,1-3H3,(H2,18,20,21). The molecule has 0 spiro atoms. The number of pyridine rings is 1. The average Bonchev–Trinajstić information content (AvgIpc) is 2.53. The molecule has 0 radical (unpaired) electrons. The van der Waals surface area contributed by atoms with Gasteiger partial charge < -0.3 is 10.6 Å². The minimum Gasteiger partial charge on any atom is -0.356 e. The van der Waals surface area contributed by atoms with Crippen LogP contribution in [0.2, 0.25) is 0 Å². The van der Waals surface area contributed by atoms with Gasteiger partial charge in [0.2, 0.25) is 0 Å². The fourth-order valence-electron chi connectivity index (χ4n) is 2.21. The summed E-state index contributed by atoms with van der Waals surface area (Å²) in [5.74, 6) is 0.859. The molecule has 21 heavy (non-hydrogen) atoms. The Bertz CT molecular complexity index is 601. The monoisotopic (exact) mass is 284 g/mol. The second-order valence-corrected chi connectivity index (χ2v) is 5.19. The summed E-state index contributed by atoms with van der Waals surface area (Å²) < 4.78 is 0. The predicted molar refractivity (Wildman–Crippen MR) is 89.7 cm³/mol. The number of rotatable bonds is 5. The Labute approximate surface area is 126 Å². The van der Waals surface area contributed by atoms with Crippen molar-refractivity contribution in [2.75, 3.05) is 13.6 Å². The maximum atomic E-state index is 4.49. The molecule has 2 rings (SSSR count). The van der Waals surface area contributed by atoms with E-state index in [-0.39, 0.29) is 0 Å². The Balaban J connectivity index is 1.96. The average molecular weight is 284 g/mol. The number of nitrogens with one attached hydrogen (secondary N) is 2. The van der Waals surface area contributed by atoms with Crippen LogP contribution in [0.1, 0.15) is 25.8 Å². The molecule has 0 saturated carbocycles. The largest absolute Gasteiger partial charge is 0.356 e. The van der Waals surface area contributed by atoms with E-state index >= 15 is 0 Å². The molecule has 112 valence electrons. The second kappa shape index (κ2) is 7.62. The first-order valence-corrected chi connectivity index (χ1v) is 7.54. The van der Waals surface area contributed by atoms with Crippen LogP contribution in [0.5, 0.6) is 0 Å². The smallest absolute Gasteiger partial charge is 0.191 e. The summed E-state index contributed by atoms with van der Waals surface area (Å²) in [6.45, 7) is 5.15. The number of guanidine groups is 1. The zero-order chi connectivity index (χ0) is 15.1. The minimum absolute atomic E-state index is 0.426. The molecular formula is C17H24N4. The van der Waals surface area contributed by atoms with Crippen LogP contribution < -0.4 is 10.6 Å². The molecular weight excluding hydrogens is 260 g/mol. The molecule has 0 aliphatic rings. The summed E-state index contributed by atoms with van der Waals surface area (Å²) >= 11 is 0. The number of fused-ring (bicyclic) bond motifs is 1. The summed E-state index contributed by atoms with van der Waals surface area (Å²) in [6, 6.07) is 10.8. The molecule has 0 saturated heterocycles. The zero-order valence-electron chi connectivity index (χ0n) is 13.1. The van der Waals surface area contributed by atoms with Crippen molar-refractivity contribution >= 4 is 16.9 Å². The van der Waals surface area contributed by atoms with Crippen molar-refractivity contribution in [1.82, 2.24) is 15.6 Å². The highest BCUT2D eigenvalue weighted by atomic mass is 15.2. The van der Waals surface area contributed by atoms with Crippen molar-refractivity contribution in [1.29, 1.82) is 0 Å². The molecule has 0 aliphatic heterocycles. The van der Waals surface area contributed by atoms with E-state index in [0.717, 1.165) is 30.9 Å². The number of nitrogens with zero attached hydrogens (tertiary/aromatic N) is 2. The van der Waals surface area contributed by atoms with Crippen LogP contribution >= 0.6 is 0 Å². The van der Waals surface area contributed by atoms with Gasteiger partial charge in [-0.2, -0.15) is 0 Å². The number of aromatic nitrogens is 1. The van der Waals surface area contributed by atoms with E-state index in [9.17, 15) is 0 Å². The summed E-state index contributed by atoms with van der Waals surface area (Å²) in [5, 5.41) is 7.91. The van der Waals surface area contributed by atoms with Gasteiger partial charge >= 0.3 is 0 Å². The first-order valence-electron chi connectivity index (χ1n) is 7.54. The molecule has 2 aromatic rings. The molecule has 4 heteroatoms. The van der Waals surface area contributed by atoms with E-state index in [0.29, 0.717) is 6.04 Å². The lowest BCUT2D eigenvalue weighted by Gasteiger charge is -2.16. The molecule has 0 aliphatic carbocycles. The first kappa shape index (κ1) is 15.3. The Hall–Kier alpha value is -2.10. The van der Waals surface area contributed by atoms with Crippen LogP contribution in [0.3, 0.4) is 0 Å². The van der Waals surface area contributed by atoms with Crippen LogP contribution in [0.15, 0.2) is 41.5 Å². The third-order valence-electron chi connectivity index (χ3n) is 3.62. The molecule has 1 atom stereocenters. The highest BCUT2D eigenvalue weighted by molar-refractivity contribution is 5.82. The van der Waals surface area contributed by atoms with Crippen molar-refractivity contribution in [2.45, 2.75) is 32.7 Å². The summed E-state index contributed by atoms with van der Waals surface area (Å²) in [4.78, 5) is 8.74. The number of benzene rings is 1. The zero-order valence-corrected chi connectivity index (χ0v) is 13.1. The molecule has 2 N–H and O–H groups in total. The topological polar surface area (TPSA) is 49.3 Å². The lowest BCUT2D eigenvalue weighted by atomic mass is 10.1. The predicted octanol–water partition coefficient (Wildman–Crippen LogP) is 2.74. The summed E-state index contributed by atoms with van der Waals surface area (Å²) in [5.41, 5.74) is 2.35. The van der Waals surface area contributed by atoms with E-state index in [1.807, 2.05) is 12.3 Å². The van der Waals surface area contributed by atoms with Gasteiger partial charge in [-0.25, -0.2) is 0 Å². The molecule has 1 aromatic heterocycles. The maximum Gasteiger partial charge on any atom is 0.191 e. The quantitative estimate of drug-likeness (QED) is 0.655. The van der Waals surface area contributed by atoms with Crippen LogP contribution in [-0.2, 0) is 6.42 Å². The fraction of sp³-hybridized carbons (Fsp3) is 0.412. The number of hydrogen-bond donors (Lipinski definition) is 2.